The molecule has 0 atom stereocenters. The van der Waals surface area contributed by atoms with Crippen molar-refractivity contribution in [3.63, 3.8) is 0 Å². The van der Waals surface area contributed by atoms with E-state index in [-0.39, 0.29) is 5.97 Å². The van der Waals surface area contributed by atoms with Crippen molar-refractivity contribution in [3.8, 4) is 0 Å². The Kier molecular flexibility index (Phi) is 4.90. The summed E-state index contributed by atoms with van der Waals surface area (Å²) in [5, 5.41) is 3.90. The van der Waals surface area contributed by atoms with Crippen LogP contribution in [0.3, 0.4) is 0 Å². The molecule has 0 aliphatic rings. The van der Waals surface area contributed by atoms with Crippen molar-refractivity contribution in [1.82, 2.24) is 4.98 Å². The Morgan fingerprint density at radius 3 is 2.87 bits per heavy atom. The molecule has 0 unspecified atom stereocenters. The lowest BCUT2D eigenvalue weighted by Crippen LogP contribution is -2.08. The number of carbonyl (C=O) groups excluding carboxylic acids is 1. The van der Waals surface area contributed by atoms with Gasteiger partial charge in [0, 0.05) is 6.54 Å². The van der Waals surface area contributed by atoms with Crippen LogP contribution in [0, 0.1) is 0 Å². The molecule has 0 saturated carbocycles. The fourth-order valence-corrected chi connectivity index (χ4v) is 2.53. The highest BCUT2D eigenvalue weighted by Gasteiger charge is 2.18. The predicted octanol–water partition coefficient (Wildman–Crippen LogP) is 2.47. The topological polar surface area (TPSA) is 51.2 Å². The predicted molar refractivity (Wildman–Crippen MR) is 64.0 cm³/mol. The molecule has 1 rings (SSSR count). The van der Waals surface area contributed by atoms with E-state index in [1.807, 2.05) is 13.2 Å². The molecule has 0 amide bonds. The lowest BCUT2D eigenvalue weighted by molar-refractivity contribution is 0.0521. The Labute approximate surface area is 97.4 Å². The van der Waals surface area contributed by atoms with E-state index in [0.717, 1.165) is 15.9 Å². The number of carbonyl (C=O) groups is 1. The molecule has 0 aromatic carbocycles. The van der Waals surface area contributed by atoms with E-state index in [4.69, 9.17) is 4.74 Å². The first kappa shape index (κ1) is 12.3. The van der Waals surface area contributed by atoms with Gasteiger partial charge < -0.3 is 10.1 Å². The second-order valence-corrected chi connectivity index (χ2v) is 4.66. The number of aromatic nitrogens is 1. The van der Waals surface area contributed by atoms with Crippen molar-refractivity contribution in [2.75, 3.05) is 24.7 Å². The number of esters is 1. The quantitative estimate of drug-likeness (QED) is 0.639. The van der Waals surface area contributed by atoms with E-state index >= 15 is 0 Å². The molecule has 1 N–H and O–H groups in total. The largest absolute Gasteiger partial charge is 0.461 e. The minimum atomic E-state index is -0.356. The molecule has 0 aliphatic carbocycles. The number of hydrogen-bond acceptors (Lipinski definition) is 6. The molecular formula is C9H14N2O2S2. The third kappa shape index (κ3) is 3.10. The lowest BCUT2D eigenvalue weighted by atomic mass is 10.4. The number of anilines is 1. The normalized spacial score (nSPS) is 10.1. The summed E-state index contributed by atoms with van der Waals surface area (Å²) >= 11 is 3.00. The van der Waals surface area contributed by atoms with Gasteiger partial charge in [0.1, 0.15) is 5.00 Å². The maximum atomic E-state index is 11.5. The van der Waals surface area contributed by atoms with E-state index in [9.17, 15) is 4.79 Å². The molecular weight excluding hydrogens is 232 g/mol. The summed E-state index contributed by atoms with van der Waals surface area (Å²) < 4.78 is 5.80. The van der Waals surface area contributed by atoms with E-state index in [0.29, 0.717) is 12.3 Å². The fraction of sp³-hybridized carbons (Fsp3) is 0.556. The highest BCUT2D eigenvalue weighted by molar-refractivity contribution is 8.00. The van der Waals surface area contributed by atoms with Crippen molar-refractivity contribution in [2.45, 2.75) is 18.2 Å². The summed E-state index contributed by atoms with van der Waals surface area (Å²) in [5.41, 5.74) is 0.396. The van der Waals surface area contributed by atoms with E-state index in [1.54, 1.807) is 6.92 Å². The smallest absolute Gasteiger partial charge is 0.360 e. The molecule has 1 heterocycles. The molecule has 0 radical (unpaired) electrons. The van der Waals surface area contributed by atoms with Gasteiger partial charge >= 0.3 is 5.97 Å². The molecule has 0 aliphatic heterocycles. The Bertz CT molecular complexity index is 339. The Balaban J connectivity index is 2.92. The van der Waals surface area contributed by atoms with Gasteiger partial charge in [-0.05, 0) is 20.1 Å². The van der Waals surface area contributed by atoms with E-state index < -0.39 is 0 Å². The van der Waals surface area contributed by atoms with Gasteiger partial charge in [0.05, 0.1) is 6.61 Å². The highest BCUT2D eigenvalue weighted by Crippen LogP contribution is 2.30. The maximum absolute atomic E-state index is 11.5. The Morgan fingerprint density at radius 1 is 1.60 bits per heavy atom. The van der Waals surface area contributed by atoms with Crippen molar-refractivity contribution >= 4 is 34.1 Å². The van der Waals surface area contributed by atoms with Crippen molar-refractivity contribution < 1.29 is 9.53 Å². The van der Waals surface area contributed by atoms with Gasteiger partial charge in [-0.15, -0.1) is 0 Å². The lowest BCUT2D eigenvalue weighted by Gasteiger charge is -2.02. The molecule has 1 aromatic heterocycles. The number of nitrogens with zero attached hydrogens (tertiary/aromatic N) is 1. The fourth-order valence-electron chi connectivity index (χ4n) is 1.01. The van der Waals surface area contributed by atoms with Crippen molar-refractivity contribution in [1.29, 1.82) is 0 Å². The minimum absolute atomic E-state index is 0.356. The SMILES string of the molecule is CCNc1sc(SC)nc1C(=O)OCC. The second kappa shape index (κ2) is 5.97. The average Bonchev–Trinajstić information content (AvgIpc) is 2.62. The molecule has 84 valence electrons. The first-order chi connectivity index (χ1) is 7.22. The summed E-state index contributed by atoms with van der Waals surface area (Å²) in [4.78, 5) is 15.8. The van der Waals surface area contributed by atoms with Gasteiger partial charge in [-0.3, -0.25) is 0 Å². The number of nitrogens with one attached hydrogen (secondary N) is 1. The number of rotatable bonds is 5. The Hall–Kier alpha value is -0.750. The summed E-state index contributed by atoms with van der Waals surface area (Å²) in [7, 11) is 0. The van der Waals surface area contributed by atoms with E-state index in [1.165, 1.54) is 23.1 Å². The van der Waals surface area contributed by atoms with Gasteiger partial charge in [-0.1, -0.05) is 23.1 Å². The van der Waals surface area contributed by atoms with Crippen LogP contribution in [0.15, 0.2) is 4.34 Å². The molecule has 6 heteroatoms. The highest BCUT2D eigenvalue weighted by atomic mass is 32.2. The number of thiazole rings is 1. The van der Waals surface area contributed by atoms with Crippen LogP contribution in [0.25, 0.3) is 0 Å². The van der Waals surface area contributed by atoms with Crippen LogP contribution in [0.1, 0.15) is 24.3 Å². The summed E-state index contributed by atoms with van der Waals surface area (Å²) in [6, 6.07) is 0. The van der Waals surface area contributed by atoms with Gasteiger partial charge in [0.2, 0.25) is 0 Å². The van der Waals surface area contributed by atoms with Crippen LogP contribution in [0.2, 0.25) is 0 Å². The van der Waals surface area contributed by atoms with Gasteiger partial charge in [-0.25, -0.2) is 9.78 Å². The molecule has 15 heavy (non-hydrogen) atoms. The molecule has 1 aromatic rings. The molecule has 0 bridgehead atoms. The van der Waals surface area contributed by atoms with E-state index in [2.05, 4.69) is 10.3 Å². The number of ether oxygens (including phenoxy) is 1. The first-order valence-corrected chi connectivity index (χ1v) is 6.72. The average molecular weight is 246 g/mol. The van der Waals surface area contributed by atoms with Crippen LogP contribution in [0.4, 0.5) is 5.00 Å². The van der Waals surface area contributed by atoms with Crippen LogP contribution in [-0.2, 0) is 4.74 Å². The van der Waals surface area contributed by atoms with Crippen LogP contribution < -0.4 is 5.32 Å². The monoisotopic (exact) mass is 246 g/mol. The molecule has 4 nitrogen and oxygen atoms in total. The molecule has 0 fully saturated rings. The summed E-state index contributed by atoms with van der Waals surface area (Å²) in [6.45, 7) is 4.90. The third-order valence-electron chi connectivity index (χ3n) is 1.59. The number of hydrogen-bond donors (Lipinski definition) is 1. The van der Waals surface area contributed by atoms with Crippen LogP contribution in [-0.4, -0.2) is 30.4 Å². The zero-order valence-corrected chi connectivity index (χ0v) is 10.6. The zero-order chi connectivity index (χ0) is 11.3. The first-order valence-electron chi connectivity index (χ1n) is 4.68. The van der Waals surface area contributed by atoms with Crippen molar-refractivity contribution in [3.05, 3.63) is 5.69 Å². The van der Waals surface area contributed by atoms with Gasteiger partial charge in [-0.2, -0.15) is 0 Å². The molecule has 0 spiro atoms. The maximum Gasteiger partial charge on any atom is 0.360 e. The summed E-state index contributed by atoms with van der Waals surface area (Å²) in [5.74, 6) is -0.356. The standard InChI is InChI=1S/C9H14N2O2S2/c1-4-10-7-6(8(12)13-5-2)11-9(14-3)15-7/h10H,4-5H2,1-3H3. The third-order valence-corrected chi connectivity index (χ3v) is 3.59. The van der Waals surface area contributed by atoms with Crippen LogP contribution >= 0.6 is 23.1 Å². The zero-order valence-electron chi connectivity index (χ0n) is 8.99. The van der Waals surface area contributed by atoms with Gasteiger partial charge in [0.15, 0.2) is 10.0 Å². The van der Waals surface area contributed by atoms with Crippen molar-refractivity contribution in [2.24, 2.45) is 0 Å². The minimum Gasteiger partial charge on any atom is -0.461 e. The second-order valence-electron chi connectivity index (χ2n) is 2.61. The van der Waals surface area contributed by atoms with Gasteiger partial charge in [0.25, 0.3) is 0 Å². The number of thioether (sulfide) groups is 1. The summed E-state index contributed by atoms with van der Waals surface area (Å²) in [6.07, 6.45) is 1.93. The molecule has 0 saturated heterocycles. The van der Waals surface area contributed by atoms with Crippen LogP contribution in [0.5, 0.6) is 0 Å². The Morgan fingerprint density at radius 2 is 2.33 bits per heavy atom.